The highest BCUT2D eigenvalue weighted by Gasteiger charge is 2.41. The molecule has 3 heteroatoms. The summed E-state index contributed by atoms with van der Waals surface area (Å²) in [5, 5.41) is 0. The SMILES string of the molecule is CC(C)N(C)CCC1(I)CN(C(C)C)C1. The first-order valence-electron chi connectivity index (χ1n) is 5.97. The Morgan fingerprint density at radius 2 is 1.80 bits per heavy atom. The molecule has 1 aliphatic rings. The fourth-order valence-electron chi connectivity index (χ4n) is 1.84. The first kappa shape index (κ1) is 13.7. The second-order valence-corrected chi connectivity index (χ2v) is 7.76. The van der Waals surface area contributed by atoms with Gasteiger partial charge in [-0.25, -0.2) is 0 Å². The highest BCUT2D eigenvalue weighted by molar-refractivity contribution is 14.1. The molecule has 0 amide bonds. The Hall–Kier alpha value is 0.650. The molecule has 0 aliphatic carbocycles. The largest absolute Gasteiger partial charge is 0.304 e. The second-order valence-electron chi connectivity index (χ2n) is 5.47. The quantitative estimate of drug-likeness (QED) is 0.567. The van der Waals surface area contributed by atoms with Crippen LogP contribution in [-0.2, 0) is 0 Å². The van der Waals surface area contributed by atoms with E-state index in [2.05, 4.69) is 67.1 Å². The lowest BCUT2D eigenvalue weighted by Gasteiger charge is -2.49. The second kappa shape index (κ2) is 5.32. The number of alkyl halides is 1. The number of rotatable bonds is 5. The number of hydrogen-bond donors (Lipinski definition) is 0. The van der Waals surface area contributed by atoms with E-state index in [-0.39, 0.29) is 0 Å². The molecule has 1 aliphatic heterocycles. The molecule has 0 atom stereocenters. The van der Waals surface area contributed by atoms with Crippen molar-refractivity contribution in [3.05, 3.63) is 0 Å². The van der Waals surface area contributed by atoms with Gasteiger partial charge < -0.3 is 4.90 Å². The van der Waals surface area contributed by atoms with Crippen molar-refractivity contribution in [1.82, 2.24) is 9.80 Å². The highest BCUT2D eigenvalue weighted by Crippen LogP contribution is 2.35. The van der Waals surface area contributed by atoms with E-state index in [9.17, 15) is 0 Å². The van der Waals surface area contributed by atoms with E-state index < -0.39 is 0 Å². The summed E-state index contributed by atoms with van der Waals surface area (Å²) in [5.41, 5.74) is 0. The summed E-state index contributed by atoms with van der Waals surface area (Å²) >= 11 is 2.66. The Labute approximate surface area is 109 Å². The predicted molar refractivity (Wildman–Crippen MR) is 75.8 cm³/mol. The maximum atomic E-state index is 2.66. The Morgan fingerprint density at radius 1 is 1.27 bits per heavy atom. The van der Waals surface area contributed by atoms with Gasteiger partial charge >= 0.3 is 0 Å². The van der Waals surface area contributed by atoms with Gasteiger partial charge in [-0.15, -0.1) is 0 Å². The third kappa shape index (κ3) is 3.86. The van der Waals surface area contributed by atoms with Crippen LogP contribution < -0.4 is 0 Å². The molecule has 0 radical (unpaired) electrons. The van der Waals surface area contributed by atoms with E-state index >= 15 is 0 Å². The molecule has 0 aromatic heterocycles. The van der Waals surface area contributed by atoms with Crippen LogP contribution in [0.1, 0.15) is 34.1 Å². The summed E-state index contributed by atoms with van der Waals surface area (Å²) in [6.45, 7) is 12.9. The van der Waals surface area contributed by atoms with E-state index in [1.165, 1.54) is 26.1 Å². The van der Waals surface area contributed by atoms with Crippen molar-refractivity contribution in [3.8, 4) is 0 Å². The maximum Gasteiger partial charge on any atom is 0.0488 e. The van der Waals surface area contributed by atoms with Crippen molar-refractivity contribution in [1.29, 1.82) is 0 Å². The van der Waals surface area contributed by atoms with Crippen molar-refractivity contribution in [2.45, 2.75) is 49.6 Å². The summed E-state index contributed by atoms with van der Waals surface area (Å²) in [5.74, 6) is 0. The first-order valence-corrected chi connectivity index (χ1v) is 7.05. The van der Waals surface area contributed by atoms with Gasteiger partial charge in [0.25, 0.3) is 0 Å². The minimum absolute atomic E-state index is 0.547. The van der Waals surface area contributed by atoms with Gasteiger partial charge in [-0.1, -0.05) is 22.6 Å². The Balaban J connectivity index is 2.23. The summed E-state index contributed by atoms with van der Waals surface area (Å²) in [4.78, 5) is 5.00. The lowest BCUT2D eigenvalue weighted by molar-refractivity contribution is 0.0878. The van der Waals surface area contributed by atoms with Crippen LogP contribution in [0.4, 0.5) is 0 Å². The van der Waals surface area contributed by atoms with Crippen molar-refractivity contribution < 1.29 is 0 Å². The minimum atomic E-state index is 0.547. The maximum absolute atomic E-state index is 2.66. The van der Waals surface area contributed by atoms with Crippen LogP contribution in [0.2, 0.25) is 0 Å². The van der Waals surface area contributed by atoms with Crippen molar-refractivity contribution in [3.63, 3.8) is 0 Å². The van der Waals surface area contributed by atoms with E-state index in [0.717, 1.165) is 6.04 Å². The lowest BCUT2D eigenvalue weighted by Crippen LogP contribution is -2.60. The van der Waals surface area contributed by atoms with Crippen molar-refractivity contribution in [2.75, 3.05) is 26.7 Å². The number of likely N-dealkylation sites (tertiary alicyclic amines) is 1. The van der Waals surface area contributed by atoms with Crippen molar-refractivity contribution >= 4 is 22.6 Å². The van der Waals surface area contributed by atoms with Crippen LogP contribution in [0, 0.1) is 0 Å². The molecule has 0 aromatic carbocycles. The molecule has 0 saturated carbocycles. The van der Waals surface area contributed by atoms with Gasteiger partial charge in [0, 0.05) is 28.6 Å². The predicted octanol–water partition coefficient (Wildman–Crippen LogP) is 2.61. The highest BCUT2D eigenvalue weighted by atomic mass is 127. The van der Waals surface area contributed by atoms with Gasteiger partial charge in [0.1, 0.15) is 0 Å². The zero-order chi connectivity index (χ0) is 11.6. The fraction of sp³-hybridized carbons (Fsp3) is 1.00. The molecule has 1 heterocycles. The standard InChI is InChI=1S/C12H25IN2/c1-10(2)14(5)7-6-12(13)8-15(9-12)11(3)4/h10-11H,6-9H2,1-5H3. The molecule has 1 rings (SSSR count). The summed E-state index contributed by atoms with van der Waals surface area (Å²) in [6, 6.07) is 1.39. The summed E-state index contributed by atoms with van der Waals surface area (Å²) < 4.78 is 0.547. The minimum Gasteiger partial charge on any atom is -0.304 e. The average molecular weight is 324 g/mol. The van der Waals surface area contributed by atoms with Crippen molar-refractivity contribution in [2.24, 2.45) is 0 Å². The zero-order valence-electron chi connectivity index (χ0n) is 10.8. The zero-order valence-corrected chi connectivity index (χ0v) is 12.9. The third-order valence-electron chi connectivity index (χ3n) is 3.50. The fourth-order valence-corrected chi connectivity index (χ4v) is 2.96. The van der Waals surface area contributed by atoms with Crippen LogP contribution in [0.3, 0.4) is 0 Å². The third-order valence-corrected chi connectivity index (χ3v) is 4.72. The molecule has 15 heavy (non-hydrogen) atoms. The van der Waals surface area contributed by atoms with E-state index in [1.807, 2.05) is 0 Å². The summed E-state index contributed by atoms with van der Waals surface area (Å²) in [7, 11) is 2.23. The molecule has 90 valence electrons. The van der Waals surface area contributed by atoms with Gasteiger partial charge in [0.2, 0.25) is 0 Å². The first-order chi connectivity index (χ1) is 6.84. The Morgan fingerprint density at radius 3 is 2.20 bits per heavy atom. The molecule has 0 bridgehead atoms. The van der Waals surface area contributed by atoms with Crippen LogP contribution in [0.15, 0.2) is 0 Å². The van der Waals surface area contributed by atoms with Gasteiger partial charge in [0.05, 0.1) is 0 Å². The monoisotopic (exact) mass is 324 g/mol. The molecular weight excluding hydrogens is 299 g/mol. The topological polar surface area (TPSA) is 6.48 Å². The van der Waals surface area contributed by atoms with Crippen LogP contribution in [0.5, 0.6) is 0 Å². The molecule has 0 unspecified atom stereocenters. The average Bonchev–Trinajstić information content (AvgIpc) is 2.09. The van der Waals surface area contributed by atoms with Gasteiger partial charge in [-0.3, -0.25) is 4.90 Å². The van der Waals surface area contributed by atoms with Crippen LogP contribution in [0.25, 0.3) is 0 Å². The summed E-state index contributed by atoms with van der Waals surface area (Å²) in [6.07, 6.45) is 1.32. The molecule has 0 spiro atoms. The molecule has 1 saturated heterocycles. The molecule has 0 aromatic rings. The van der Waals surface area contributed by atoms with E-state index in [4.69, 9.17) is 0 Å². The van der Waals surface area contributed by atoms with Gasteiger partial charge in [-0.05, 0) is 47.7 Å². The van der Waals surface area contributed by atoms with E-state index in [0.29, 0.717) is 9.46 Å². The lowest BCUT2D eigenvalue weighted by atomic mass is 9.94. The van der Waals surface area contributed by atoms with Gasteiger partial charge in [-0.2, -0.15) is 0 Å². The van der Waals surface area contributed by atoms with Crippen LogP contribution >= 0.6 is 22.6 Å². The van der Waals surface area contributed by atoms with Crippen LogP contribution in [-0.4, -0.2) is 52.0 Å². The Kier molecular flexibility index (Phi) is 4.86. The number of nitrogens with zero attached hydrogens (tertiary/aromatic N) is 2. The molecule has 2 nitrogen and oxygen atoms in total. The smallest absolute Gasteiger partial charge is 0.0488 e. The number of halogens is 1. The molecule has 1 fully saturated rings. The normalized spacial score (nSPS) is 21.4. The number of hydrogen-bond acceptors (Lipinski definition) is 2. The molecular formula is C12H25IN2. The molecule has 0 N–H and O–H groups in total. The Bertz CT molecular complexity index is 198. The van der Waals surface area contributed by atoms with Gasteiger partial charge in [0.15, 0.2) is 0 Å². The van der Waals surface area contributed by atoms with E-state index in [1.54, 1.807) is 0 Å².